The number of ether oxygens (including phenoxy) is 1. The van der Waals surface area contributed by atoms with Gasteiger partial charge in [0.25, 0.3) is 0 Å². The van der Waals surface area contributed by atoms with Crippen LogP contribution in [-0.2, 0) is 14.5 Å². The Morgan fingerprint density at radius 1 is 1.03 bits per heavy atom. The van der Waals surface area contributed by atoms with Gasteiger partial charge in [-0.25, -0.2) is 0 Å². The summed E-state index contributed by atoms with van der Waals surface area (Å²) >= 11 is 0. The van der Waals surface area contributed by atoms with Gasteiger partial charge in [-0.3, -0.25) is 4.98 Å². The Morgan fingerprint density at radius 3 is 2.82 bits per heavy atom. The molecule has 8 rings (SSSR count). The largest absolute Gasteiger partial charge is 0.399 e. The molecule has 2 aromatic rings. The van der Waals surface area contributed by atoms with Crippen molar-refractivity contribution in [3.8, 4) is 0 Å². The summed E-state index contributed by atoms with van der Waals surface area (Å²) in [5.74, 6) is 1.86. The van der Waals surface area contributed by atoms with Crippen LogP contribution in [0.2, 0.25) is 0 Å². The lowest BCUT2D eigenvalue weighted by Gasteiger charge is -2.40. The van der Waals surface area contributed by atoms with Crippen LogP contribution in [0, 0.1) is 23.7 Å². The fourth-order valence-electron chi connectivity index (χ4n) is 7.68. The van der Waals surface area contributed by atoms with Gasteiger partial charge in [-0.15, -0.1) is 0 Å². The molecule has 6 fully saturated rings. The van der Waals surface area contributed by atoms with Crippen LogP contribution in [0.1, 0.15) is 51.4 Å². The van der Waals surface area contributed by atoms with E-state index in [1.165, 1.54) is 25.7 Å². The van der Waals surface area contributed by atoms with Crippen molar-refractivity contribution in [1.29, 1.82) is 0 Å². The number of anilines is 2. The molecule has 4 bridgehead atoms. The van der Waals surface area contributed by atoms with Crippen molar-refractivity contribution in [3.63, 3.8) is 0 Å². The minimum atomic E-state index is -0.517. The summed E-state index contributed by atoms with van der Waals surface area (Å²) in [6.07, 6.45) is 11.0. The van der Waals surface area contributed by atoms with Gasteiger partial charge in [0, 0.05) is 66.8 Å². The van der Waals surface area contributed by atoms with Gasteiger partial charge < -0.3 is 21.1 Å². The summed E-state index contributed by atoms with van der Waals surface area (Å²) < 4.78 is 6.78. The highest BCUT2D eigenvalue weighted by Crippen LogP contribution is 2.67. The molecule has 33 heavy (non-hydrogen) atoms. The van der Waals surface area contributed by atoms with Gasteiger partial charge >= 0.3 is 0 Å². The van der Waals surface area contributed by atoms with Gasteiger partial charge in [0.1, 0.15) is 0 Å². The molecule has 0 amide bonds. The summed E-state index contributed by atoms with van der Waals surface area (Å²) in [5.41, 5.74) is 8.65. The summed E-state index contributed by atoms with van der Waals surface area (Å²) in [6.45, 7) is 1.77. The zero-order valence-electron chi connectivity index (χ0n) is 19.1. The Hall–Kier alpha value is -1.93. The Kier molecular flexibility index (Phi) is 4.67. The Bertz CT molecular complexity index is 1050. The number of nitrogen functional groups attached to an aromatic ring is 1. The SMILES string of the molecule is Nc1ccc2c(NCCNC3CCC4(CC3)OOC3(O4)C4CC5CC(C4)C3C5)ccnc2c1. The zero-order chi connectivity index (χ0) is 22.0. The minimum absolute atomic E-state index is 0.431. The van der Waals surface area contributed by atoms with Crippen molar-refractivity contribution in [3.05, 3.63) is 30.5 Å². The van der Waals surface area contributed by atoms with Crippen LogP contribution in [0.4, 0.5) is 11.4 Å². The van der Waals surface area contributed by atoms with Crippen LogP contribution in [0.15, 0.2) is 30.5 Å². The number of aromatic nitrogens is 1. The summed E-state index contributed by atoms with van der Waals surface area (Å²) in [5, 5.41) is 8.37. The van der Waals surface area contributed by atoms with E-state index in [2.05, 4.69) is 15.6 Å². The van der Waals surface area contributed by atoms with E-state index in [1.807, 2.05) is 30.5 Å². The van der Waals surface area contributed by atoms with Crippen LogP contribution < -0.4 is 16.4 Å². The first-order valence-corrected chi connectivity index (χ1v) is 12.8. The molecule has 7 heteroatoms. The fraction of sp³-hybridized carbons (Fsp3) is 0.654. The van der Waals surface area contributed by atoms with Crippen LogP contribution in [0.3, 0.4) is 0 Å². The van der Waals surface area contributed by atoms with E-state index in [0.29, 0.717) is 17.9 Å². The van der Waals surface area contributed by atoms with Gasteiger partial charge in [-0.05, 0) is 74.6 Å². The molecule has 5 aliphatic carbocycles. The number of fused-ring (bicyclic) bond motifs is 1. The second kappa shape index (κ2) is 7.54. The molecule has 0 radical (unpaired) electrons. The second-order valence-electron chi connectivity index (χ2n) is 11.1. The van der Waals surface area contributed by atoms with E-state index in [1.54, 1.807) is 0 Å². The topological polar surface area (TPSA) is 90.7 Å². The number of nitrogens with zero attached hydrogens (tertiary/aromatic N) is 1. The van der Waals surface area contributed by atoms with Crippen LogP contribution in [0.25, 0.3) is 10.9 Å². The maximum atomic E-state index is 6.78. The third-order valence-corrected chi connectivity index (χ3v) is 9.14. The Balaban J connectivity index is 0.912. The molecule has 7 nitrogen and oxygen atoms in total. The van der Waals surface area contributed by atoms with Crippen LogP contribution in [-0.4, -0.2) is 35.7 Å². The van der Waals surface area contributed by atoms with Gasteiger partial charge in [-0.2, -0.15) is 9.78 Å². The third-order valence-electron chi connectivity index (χ3n) is 9.14. The molecule has 1 saturated heterocycles. The first kappa shape index (κ1) is 20.4. The Labute approximate surface area is 194 Å². The van der Waals surface area contributed by atoms with E-state index < -0.39 is 11.6 Å². The molecule has 2 heterocycles. The quantitative estimate of drug-likeness (QED) is 0.357. The fourth-order valence-corrected chi connectivity index (χ4v) is 7.68. The summed E-state index contributed by atoms with van der Waals surface area (Å²) in [7, 11) is 0. The van der Waals surface area contributed by atoms with Crippen molar-refractivity contribution in [1.82, 2.24) is 10.3 Å². The van der Waals surface area contributed by atoms with Crippen LogP contribution in [0.5, 0.6) is 0 Å². The minimum Gasteiger partial charge on any atom is -0.399 e. The standard InChI is InChI=1S/C26H34N4O3/c27-19-1-2-21-23(5-8-29-24(21)15-19)30-10-9-28-20-3-6-25(7-4-20)31-26(33-32-25)18-12-16-11-17(14-18)22(26)13-16/h1-2,5,8,15-18,20,22,28H,3-4,6-7,9-14,27H2,(H,29,30). The van der Waals surface area contributed by atoms with Crippen LogP contribution >= 0.6 is 0 Å². The lowest BCUT2D eigenvalue weighted by molar-refractivity contribution is -0.370. The van der Waals surface area contributed by atoms with Crippen molar-refractivity contribution >= 4 is 22.3 Å². The number of rotatable bonds is 5. The van der Waals surface area contributed by atoms with Gasteiger partial charge in [0.05, 0.1) is 5.52 Å². The number of hydrogen-bond donors (Lipinski definition) is 3. The Morgan fingerprint density at radius 2 is 1.94 bits per heavy atom. The zero-order valence-corrected chi connectivity index (χ0v) is 19.1. The molecule has 5 saturated carbocycles. The van der Waals surface area contributed by atoms with Gasteiger partial charge in [-0.1, -0.05) is 0 Å². The third kappa shape index (κ3) is 3.27. The highest BCUT2D eigenvalue weighted by atomic mass is 17.3. The number of benzene rings is 1. The maximum absolute atomic E-state index is 6.78. The lowest BCUT2D eigenvalue weighted by Crippen LogP contribution is -2.49. The molecule has 5 atom stereocenters. The predicted molar refractivity (Wildman–Crippen MR) is 126 cm³/mol. The average molecular weight is 451 g/mol. The van der Waals surface area contributed by atoms with E-state index in [-0.39, 0.29) is 0 Å². The first-order chi connectivity index (χ1) is 16.1. The molecule has 1 aromatic carbocycles. The summed E-state index contributed by atoms with van der Waals surface area (Å²) in [6, 6.07) is 8.39. The van der Waals surface area contributed by atoms with Crippen molar-refractivity contribution in [2.24, 2.45) is 23.7 Å². The number of pyridine rings is 1. The molecule has 4 N–H and O–H groups in total. The molecule has 6 aliphatic rings. The first-order valence-electron chi connectivity index (χ1n) is 12.8. The van der Waals surface area contributed by atoms with Gasteiger partial charge in [0.2, 0.25) is 11.6 Å². The van der Waals surface area contributed by atoms with E-state index in [4.69, 9.17) is 20.2 Å². The molecular formula is C26H34N4O3. The highest BCUT2D eigenvalue weighted by molar-refractivity contribution is 5.92. The van der Waals surface area contributed by atoms with Gasteiger partial charge in [0.15, 0.2) is 0 Å². The smallest absolute Gasteiger partial charge is 0.210 e. The number of nitrogens with one attached hydrogen (secondary N) is 2. The number of hydrogen-bond acceptors (Lipinski definition) is 7. The van der Waals surface area contributed by atoms with Crippen molar-refractivity contribution in [2.75, 3.05) is 24.1 Å². The second-order valence-corrected chi connectivity index (χ2v) is 11.1. The maximum Gasteiger partial charge on any atom is 0.210 e. The van der Waals surface area contributed by atoms with E-state index in [0.717, 1.165) is 72.9 Å². The monoisotopic (exact) mass is 450 g/mol. The highest BCUT2D eigenvalue weighted by Gasteiger charge is 2.70. The van der Waals surface area contributed by atoms with E-state index >= 15 is 0 Å². The predicted octanol–water partition coefficient (Wildman–Crippen LogP) is 4.20. The summed E-state index contributed by atoms with van der Waals surface area (Å²) in [4.78, 5) is 16.6. The molecular weight excluding hydrogens is 416 g/mol. The molecule has 176 valence electrons. The van der Waals surface area contributed by atoms with Crippen molar-refractivity contribution < 1.29 is 14.5 Å². The molecule has 5 unspecified atom stereocenters. The molecule has 1 aliphatic heterocycles. The lowest BCUT2D eigenvalue weighted by atomic mass is 9.78. The molecule has 2 spiro atoms. The normalized spacial score (nSPS) is 41.0. The van der Waals surface area contributed by atoms with Crippen molar-refractivity contribution in [2.45, 2.75) is 69.0 Å². The molecule has 1 aromatic heterocycles. The van der Waals surface area contributed by atoms with E-state index in [9.17, 15) is 0 Å². The number of nitrogens with two attached hydrogens (primary N) is 1. The average Bonchev–Trinajstić information content (AvgIpc) is 3.40.